The second-order valence-electron chi connectivity index (χ2n) is 4.95. The molecule has 1 N–H and O–H groups in total. The average Bonchev–Trinajstić information content (AvgIpc) is 2.38. The van der Waals surface area contributed by atoms with Gasteiger partial charge in [-0.3, -0.25) is 0 Å². The van der Waals surface area contributed by atoms with Crippen molar-refractivity contribution >= 4 is 0 Å². The van der Waals surface area contributed by atoms with E-state index in [9.17, 15) is 5.11 Å². The molecule has 0 saturated carbocycles. The first-order valence-corrected chi connectivity index (χ1v) is 7.15. The second kappa shape index (κ2) is 8.81. The molecule has 0 fully saturated rings. The zero-order chi connectivity index (χ0) is 14.1. The predicted molar refractivity (Wildman–Crippen MR) is 78.0 cm³/mol. The lowest BCUT2D eigenvalue weighted by molar-refractivity contribution is 0.195. The first-order valence-electron chi connectivity index (χ1n) is 7.15. The summed E-state index contributed by atoms with van der Waals surface area (Å²) >= 11 is 0. The molecule has 0 saturated heterocycles. The predicted octanol–water partition coefficient (Wildman–Crippen LogP) is 3.58. The van der Waals surface area contributed by atoms with Gasteiger partial charge in [0.25, 0.3) is 0 Å². The summed E-state index contributed by atoms with van der Waals surface area (Å²) in [5.41, 5.74) is 1.07. The number of rotatable bonds is 9. The van der Waals surface area contributed by atoms with Crippen molar-refractivity contribution < 1.29 is 14.6 Å². The van der Waals surface area contributed by atoms with E-state index in [-0.39, 0.29) is 6.10 Å². The Morgan fingerprint density at radius 2 is 1.95 bits per heavy atom. The summed E-state index contributed by atoms with van der Waals surface area (Å²) in [6.07, 6.45) is 5.04. The number of unbranched alkanes of at least 4 members (excludes halogenated alkanes) is 3. The van der Waals surface area contributed by atoms with Gasteiger partial charge in [0.15, 0.2) is 11.5 Å². The SMILES string of the molecule is CCCCCCOc1cc(CC(C)O)ccc1OC. The van der Waals surface area contributed by atoms with Crippen molar-refractivity contribution in [3.8, 4) is 11.5 Å². The van der Waals surface area contributed by atoms with Crippen LogP contribution in [0.1, 0.15) is 45.1 Å². The van der Waals surface area contributed by atoms with Crippen molar-refractivity contribution in [2.24, 2.45) is 0 Å². The molecule has 108 valence electrons. The molecule has 0 heterocycles. The molecule has 0 spiro atoms. The molecule has 0 aliphatic carbocycles. The Morgan fingerprint density at radius 3 is 2.58 bits per heavy atom. The maximum Gasteiger partial charge on any atom is 0.161 e. The molecule has 3 heteroatoms. The van der Waals surface area contributed by atoms with Crippen LogP contribution in [0.2, 0.25) is 0 Å². The Kier molecular flexibility index (Phi) is 7.34. The maximum atomic E-state index is 9.42. The molecule has 0 aromatic heterocycles. The zero-order valence-corrected chi connectivity index (χ0v) is 12.3. The fourth-order valence-corrected chi connectivity index (χ4v) is 2.01. The van der Waals surface area contributed by atoms with E-state index in [0.29, 0.717) is 13.0 Å². The van der Waals surface area contributed by atoms with Crippen molar-refractivity contribution in [3.63, 3.8) is 0 Å². The molecule has 1 rings (SSSR count). The average molecular weight is 266 g/mol. The van der Waals surface area contributed by atoms with Crippen LogP contribution in [0.15, 0.2) is 18.2 Å². The molecule has 1 unspecified atom stereocenters. The van der Waals surface area contributed by atoms with Crippen LogP contribution in [0.5, 0.6) is 11.5 Å². The van der Waals surface area contributed by atoms with Crippen LogP contribution < -0.4 is 9.47 Å². The lowest BCUT2D eigenvalue weighted by Gasteiger charge is -2.13. The Bertz CT molecular complexity index is 361. The Morgan fingerprint density at radius 1 is 1.16 bits per heavy atom. The molecule has 0 bridgehead atoms. The van der Waals surface area contributed by atoms with E-state index in [0.717, 1.165) is 23.5 Å². The van der Waals surface area contributed by atoms with E-state index in [1.807, 2.05) is 18.2 Å². The Balaban J connectivity index is 2.57. The number of hydrogen-bond acceptors (Lipinski definition) is 3. The van der Waals surface area contributed by atoms with Gasteiger partial charge in [0, 0.05) is 0 Å². The first kappa shape index (κ1) is 15.8. The van der Waals surface area contributed by atoms with Crippen LogP contribution in [0.25, 0.3) is 0 Å². The van der Waals surface area contributed by atoms with Gasteiger partial charge < -0.3 is 14.6 Å². The van der Waals surface area contributed by atoms with Gasteiger partial charge in [0.05, 0.1) is 19.8 Å². The summed E-state index contributed by atoms with van der Waals surface area (Å²) in [6.45, 7) is 4.70. The molecule has 1 atom stereocenters. The van der Waals surface area contributed by atoms with Gasteiger partial charge in [0.2, 0.25) is 0 Å². The monoisotopic (exact) mass is 266 g/mol. The van der Waals surface area contributed by atoms with Crippen molar-refractivity contribution in [2.45, 2.75) is 52.1 Å². The summed E-state index contributed by atoms with van der Waals surface area (Å²) in [7, 11) is 1.65. The summed E-state index contributed by atoms with van der Waals surface area (Å²) in [6, 6.07) is 5.83. The van der Waals surface area contributed by atoms with E-state index in [4.69, 9.17) is 9.47 Å². The van der Waals surface area contributed by atoms with Crippen LogP contribution in [0.4, 0.5) is 0 Å². The molecular formula is C16H26O3. The Hall–Kier alpha value is -1.22. The number of ether oxygens (including phenoxy) is 2. The lowest BCUT2D eigenvalue weighted by atomic mass is 10.1. The summed E-state index contributed by atoms with van der Waals surface area (Å²) in [5.74, 6) is 1.53. The Labute approximate surface area is 116 Å². The third kappa shape index (κ3) is 5.97. The van der Waals surface area contributed by atoms with Crippen molar-refractivity contribution in [1.82, 2.24) is 0 Å². The topological polar surface area (TPSA) is 38.7 Å². The highest BCUT2D eigenvalue weighted by Gasteiger charge is 2.07. The molecule has 0 aliphatic rings. The van der Waals surface area contributed by atoms with Gasteiger partial charge in [-0.25, -0.2) is 0 Å². The maximum absolute atomic E-state index is 9.42. The smallest absolute Gasteiger partial charge is 0.161 e. The molecule has 0 aliphatic heterocycles. The van der Waals surface area contributed by atoms with E-state index < -0.39 is 0 Å². The molecule has 1 aromatic rings. The van der Waals surface area contributed by atoms with Crippen molar-refractivity contribution in [1.29, 1.82) is 0 Å². The minimum absolute atomic E-state index is 0.342. The quantitative estimate of drug-likeness (QED) is 0.694. The molecule has 3 nitrogen and oxygen atoms in total. The van der Waals surface area contributed by atoms with E-state index in [1.54, 1.807) is 14.0 Å². The third-order valence-corrected chi connectivity index (χ3v) is 3.01. The van der Waals surface area contributed by atoms with E-state index >= 15 is 0 Å². The number of hydrogen-bond donors (Lipinski definition) is 1. The van der Waals surface area contributed by atoms with E-state index in [1.165, 1.54) is 19.3 Å². The van der Waals surface area contributed by atoms with Crippen LogP contribution >= 0.6 is 0 Å². The number of benzene rings is 1. The molecule has 19 heavy (non-hydrogen) atoms. The normalized spacial score (nSPS) is 12.2. The van der Waals surface area contributed by atoms with Gasteiger partial charge in [-0.15, -0.1) is 0 Å². The fourth-order valence-electron chi connectivity index (χ4n) is 2.01. The summed E-state index contributed by atoms with van der Waals surface area (Å²) in [5, 5.41) is 9.42. The third-order valence-electron chi connectivity index (χ3n) is 3.01. The number of aliphatic hydroxyl groups excluding tert-OH is 1. The van der Waals surface area contributed by atoms with Crippen LogP contribution in [-0.4, -0.2) is 24.9 Å². The first-order chi connectivity index (χ1) is 9.17. The fraction of sp³-hybridized carbons (Fsp3) is 0.625. The number of methoxy groups -OCH3 is 1. The molecular weight excluding hydrogens is 240 g/mol. The van der Waals surface area contributed by atoms with Crippen LogP contribution in [0.3, 0.4) is 0 Å². The van der Waals surface area contributed by atoms with Gasteiger partial charge in [0.1, 0.15) is 0 Å². The van der Waals surface area contributed by atoms with Crippen molar-refractivity contribution in [2.75, 3.05) is 13.7 Å². The number of aliphatic hydroxyl groups is 1. The highest BCUT2D eigenvalue weighted by atomic mass is 16.5. The minimum atomic E-state index is -0.342. The summed E-state index contributed by atoms with van der Waals surface area (Å²) in [4.78, 5) is 0. The van der Waals surface area contributed by atoms with Gasteiger partial charge in [-0.05, 0) is 37.5 Å². The van der Waals surface area contributed by atoms with Crippen LogP contribution in [-0.2, 0) is 6.42 Å². The molecule has 0 radical (unpaired) electrons. The molecule has 0 amide bonds. The van der Waals surface area contributed by atoms with Gasteiger partial charge in [-0.2, -0.15) is 0 Å². The zero-order valence-electron chi connectivity index (χ0n) is 12.3. The van der Waals surface area contributed by atoms with Crippen molar-refractivity contribution in [3.05, 3.63) is 23.8 Å². The second-order valence-corrected chi connectivity index (χ2v) is 4.95. The largest absolute Gasteiger partial charge is 0.493 e. The highest BCUT2D eigenvalue weighted by Crippen LogP contribution is 2.28. The lowest BCUT2D eigenvalue weighted by Crippen LogP contribution is -2.05. The molecule has 1 aromatic carbocycles. The standard InChI is InChI=1S/C16H26O3/c1-4-5-6-7-10-19-16-12-14(11-13(2)17)8-9-15(16)18-3/h8-9,12-13,17H,4-7,10-11H2,1-3H3. The minimum Gasteiger partial charge on any atom is -0.493 e. The van der Waals surface area contributed by atoms with Gasteiger partial charge in [-0.1, -0.05) is 32.3 Å². The van der Waals surface area contributed by atoms with Crippen LogP contribution in [0, 0.1) is 0 Å². The summed E-state index contributed by atoms with van der Waals surface area (Å²) < 4.78 is 11.1. The highest BCUT2D eigenvalue weighted by molar-refractivity contribution is 5.43. The van der Waals surface area contributed by atoms with Gasteiger partial charge >= 0.3 is 0 Å². The van der Waals surface area contributed by atoms with E-state index in [2.05, 4.69) is 6.92 Å².